The Kier molecular flexibility index (Phi) is 6.73. The summed E-state index contributed by atoms with van der Waals surface area (Å²) in [5.74, 6) is -0.300. The first-order valence-corrected chi connectivity index (χ1v) is 8.60. The Balaban J connectivity index is 1.85. The topological polar surface area (TPSA) is 99.5 Å². The average molecular weight is 357 g/mol. The van der Waals surface area contributed by atoms with E-state index in [4.69, 9.17) is 10.00 Å². The summed E-state index contributed by atoms with van der Waals surface area (Å²) in [6.45, 7) is 5.33. The Morgan fingerprint density at radius 3 is 2.38 bits per heavy atom. The van der Waals surface area contributed by atoms with Crippen LogP contribution in [0, 0.1) is 23.2 Å². The molecule has 7 nitrogen and oxygen atoms in total. The molecule has 0 bridgehead atoms. The van der Waals surface area contributed by atoms with Crippen molar-refractivity contribution in [1.29, 1.82) is 5.26 Å². The van der Waals surface area contributed by atoms with Crippen molar-refractivity contribution in [1.82, 2.24) is 4.90 Å². The number of hydrogen-bond acceptors (Lipinski definition) is 5. The van der Waals surface area contributed by atoms with Crippen molar-refractivity contribution in [2.75, 3.05) is 25.0 Å². The molecule has 0 spiro atoms. The van der Waals surface area contributed by atoms with Crippen LogP contribution in [0.2, 0.25) is 0 Å². The zero-order valence-corrected chi connectivity index (χ0v) is 15.0. The summed E-state index contributed by atoms with van der Waals surface area (Å²) in [6, 6.07) is 7.84. The second-order valence-corrected chi connectivity index (χ2v) is 6.78. The molecule has 0 unspecified atom stereocenters. The van der Waals surface area contributed by atoms with Crippen molar-refractivity contribution in [3.63, 3.8) is 0 Å². The summed E-state index contributed by atoms with van der Waals surface area (Å²) in [5, 5.41) is 11.0. The lowest BCUT2D eigenvalue weighted by Gasteiger charge is -2.34. The summed E-state index contributed by atoms with van der Waals surface area (Å²) < 4.78 is 5.11. The predicted molar refractivity (Wildman–Crippen MR) is 95.1 cm³/mol. The zero-order chi connectivity index (χ0) is 19.1. The SMILES string of the molecule is C[C@@H]1C[C@@H](C)CN(C(=O)COC(=O)c2ccc(NC(=O)CC#N)cc2)C1. The van der Waals surface area contributed by atoms with E-state index in [1.54, 1.807) is 23.1 Å². The molecular formula is C19H23N3O4. The molecular weight excluding hydrogens is 334 g/mol. The molecule has 1 saturated heterocycles. The van der Waals surface area contributed by atoms with E-state index in [-0.39, 0.29) is 24.5 Å². The third-order valence-electron chi connectivity index (χ3n) is 4.19. The summed E-state index contributed by atoms with van der Waals surface area (Å²) in [5.41, 5.74) is 0.769. The van der Waals surface area contributed by atoms with Crippen LogP contribution in [0.25, 0.3) is 0 Å². The van der Waals surface area contributed by atoms with Gasteiger partial charge < -0.3 is 15.0 Å². The second kappa shape index (κ2) is 8.99. The molecule has 0 saturated carbocycles. The Morgan fingerprint density at radius 1 is 1.19 bits per heavy atom. The molecule has 2 atom stereocenters. The first-order valence-electron chi connectivity index (χ1n) is 8.60. The van der Waals surface area contributed by atoms with Crippen LogP contribution in [0.3, 0.4) is 0 Å². The monoisotopic (exact) mass is 357 g/mol. The molecule has 2 amide bonds. The highest BCUT2D eigenvalue weighted by Gasteiger charge is 2.26. The quantitative estimate of drug-likeness (QED) is 0.815. The number of anilines is 1. The molecule has 138 valence electrons. The van der Waals surface area contributed by atoms with Crippen LogP contribution in [0.15, 0.2) is 24.3 Å². The maximum absolute atomic E-state index is 12.2. The normalized spacial score (nSPS) is 19.3. The first-order chi connectivity index (χ1) is 12.4. The molecule has 1 heterocycles. The van der Waals surface area contributed by atoms with Crippen LogP contribution in [-0.4, -0.2) is 42.4 Å². The van der Waals surface area contributed by atoms with Gasteiger partial charge in [0.25, 0.3) is 5.91 Å². The van der Waals surface area contributed by atoms with Crippen LogP contribution in [0.4, 0.5) is 5.69 Å². The van der Waals surface area contributed by atoms with Crippen LogP contribution < -0.4 is 5.32 Å². The van der Waals surface area contributed by atoms with E-state index >= 15 is 0 Å². The van der Waals surface area contributed by atoms with Crippen LogP contribution in [0.5, 0.6) is 0 Å². The lowest BCUT2D eigenvalue weighted by Crippen LogP contribution is -2.44. The third kappa shape index (κ3) is 5.59. The molecule has 26 heavy (non-hydrogen) atoms. The number of ether oxygens (including phenoxy) is 1. The highest BCUT2D eigenvalue weighted by molar-refractivity contribution is 5.94. The van der Waals surface area contributed by atoms with Gasteiger partial charge in [-0.3, -0.25) is 9.59 Å². The highest BCUT2D eigenvalue weighted by Crippen LogP contribution is 2.21. The number of nitrogens with one attached hydrogen (secondary N) is 1. The van der Waals surface area contributed by atoms with E-state index in [1.807, 2.05) is 0 Å². The van der Waals surface area contributed by atoms with E-state index in [9.17, 15) is 14.4 Å². The van der Waals surface area contributed by atoms with Crippen molar-refractivity contribution in [2.45, 2.75) is 26.7 Å². The number of benzene rings is 1. The number of nitrogens with zero attached hydrogens (tertiary/aromatic N) is 2. The number of esters is 1. The lowest BCUT2D eigenvalue weighted by molar-refractivity contribution is -0.137. The van der Waals surface area contributed by atoms with Gasteiger partial charge in [0, 0.05) is 18.8 Å². The van der Waals surface area contributed by atoms with Gasteiger partial charge in [-0.05, 0) is 42.5 Å². The number of carbonyl (C=O) groups is 3. The van der Waals surface area contributed by atoms with Crippen LogP contribution in [-0.2, 0) is 14.3 Å². The van der Waals surface area contributed by atoms with Crippen LogP contribution in [0.1, 0.15) is 37.0 Å². The van der Waals surface area contributed by atoms with Crippen LogP contribution >= 0.6 is 0 Å². The van der Waals surface area contributed by atoms with Gasteiger partial charge in [0.15, 0.2) is 6.61 Å². The Bertz CT molecular complexity index is 698. The van der Waals surface area contributed by atoms with Gasteiger partial charge in [-0.15, -0.1) is 0 Å². The summed E-state index contributed by atoms with van der Waals surface area (Å²) >= 11 is 0. The Hall–Kier alpha value is -2.88. The van der Waals surface area contributed by atoms with E-state index in [0.717, 1.165) is 6.42 Å². The molecule has 0 aliphatic carbocycles. The summed E-state index contributed by atoms with van der Waals surface area (Å²) in [7, 11) is 0. The third-order valence-corrected chi connectivity index (χ3v) is 4.19. The molecule has 1 aliphatic heterocycles. The number of likely N-dealkylation sites (tertiary alicyclic amines) is 1. The molecule has 1 N–H and O–H groups in total. The molecule has 2 rings (SSSR count). The fourth-order valence-electron chi connectivity index (χ4n) is 3.14. The van der Waals surface area contributed by atoms with Crippen molar-refractivity contribution in [3.05, 3.63) is 29.8 Å². The summed E-state index contributed by atoms with van der Waals surface area (Å²) in [4.78, 5) is 37.4. The standard InChI is InChI=1S/C19H23N3O4/c1-13-9-14(2)11-22(10-13)18(24)12-26-19(25)15-3-5-16(6-4-15)21-17(23)7-8-20/h3-6,13-14H,7,9-12H2,1-2H3,(H,21,23)/t13-,14-/m1/s1. The van der Waals surface area contributed by atoms with Gasteiger partial charge in [-0.1, -0.05) is 13.8 Å². The van der Waals surface area contributed by atoms with Gasteiger partial charge in [0.05, 0.1) is 11.6 Å². The Labute approximate surface area is 152 Å². The summed E-state index contributed by atoms with van der Waals surface area (Å²) in [6.07, 6.45) is 0.862. The van der Waals surface area contributed by atoms with Crippen molar-refractivity contribution < 1.29 is 19.1 Å². The minimum atomic E-state index is -0.591. The van der Waals surface area contributed by atoms with Gasteiger partial charge in [-0.25, -0.2) is 4.79 Å². The molecule has 7 heteroatoms. The largest absolute Gasteiger partial charge is 0.452 e. The van der Waals surface area contributed by atoms with E-state index in [2.05, 4.69) is 19.2 Å². The fourth-order valence-corrected chi connectivity index (χ4v) is 3.14. The Morgan fingerprint density at radius 2 is 1.81 bits per heavy atom. The predicted octanol–water partition coefficient (Wildman–Crippen LogP) is 2.20. The van der Waals surface area contributed by atoms with E-state index in [1.165, 1.54) is 12.1 Å². The van der Waals surface area contributed by atoms with Crippen molar-refractivity contribution >= 4 is 23.5 Å². The molecule has 0 aromatic heterocycles. The number of nitriles is 1. The maximum atomic E-state index is 12.2. The molecule has 1 fully saturated rings. The van der Waals surface area contributed by atoms with Crippen molar-refractivity contribution in [3.8, 4) is 6.07 Å². The molecule has 1 aromatic carbocycles. The van der Waals surface area contributed by atoms with Gasteiger partial charge in [0.1, 0.15) is 6.42 Å². The number of hydrogen-bond donors (Lipinski definition) is 1. The smallest absolute Gasteiger partial charge is 0.338 e. The van der Waals surface area contributed by atoms with E-state index in [0.29, 0.717) is 30.6 Å². The number of carbonyl (C=O) groups excluding carboxylic acids is 3. The van der Waals surface area contributed by atoms with Gasteiger partial charge in [-0.2, -0.15) is 5.26 Å². The lowest BCUT2D eigenvalue weighted by atomic mass is 9.92. The molecule has 1 aromatic rings. The van der Waals surface area contributed by atoms with Crippen molar-refractivity contribution in [2.24, 2.45) is 11.8 Å². The van der Waals surface area contributed by atoms with Gasteiger partial charge in [0.2, 0.25) is 5.91 Å². The van der Waals surface area contributed by atoms with E-state index < -0.39 is 11.9 Å². The average Bonchev–Trinajstić information content (AvgIpc) is 2.59. The zero-order valence-electron chi connectivity index (χ0n) is 15.0. The molecule has 0 radical (unpaired) electrons. The number of amides is 2. The maximum Gasteiger partial charge on any atom is 0.338 e. The number of piperidine rings is 1. The second-order valence-electron chi connectivity index (χ2n) is 6.78. The minimum absolute atomic E-state index is 0.183. The molecule has 1 aliphatic rings. The fraction of sp³-hybridized carbons (Fsp3) is 0.474. The number of rotatable bonds is 5. The minimum Gasteiger partial charge on any atom is -0.452 e. The highest BCUT2D eigenvalue weighted by atomic mass is 16.5. The first kappa shape index (κ1) is 19.4. The van der Waals surface area contributed by atoms with Gasteiger partial charge >= 0.3 is 5.97 Å².